The van der Waals surface area contributed by atoms with Crippen LogP contribution in [0.5, 0.6) is 0 Å². The van der Waals surface area contributed by atoms with Crippen LogP contribution in [-0.2, 0) is 9.53 Å². The molecule has 0 unspecified atom stereocenters. The molecule has 0 spiro atoms. The summed E-state index contributed by atoms with van der Waals surface area (Å²) in [7, 11) is 0. The van der Waals surface area contributed by atoms with Crippen LogP contribution in [0.1, 0.15) is 21.7 Å². The molecule has 1 fully saturated rings. The lowest BCUT2D eigenvalue weighted by Crippen LogP contribution is -2.46. The SMILES string of the molecule is Cc1c(C(=O)N2CCO[C@@H](CC(=O)O)C2)sc2cccc(F)c12. The predicted molar refractivity (Wildman–Crippen MR) is 84.4 cm³/mol. The van der Waals surface area contributed by atoms with Crippen LogP contribution < -0.4 is 0 Å². The van der Waals surface area contributed by atoms with Gasteiger partial charge in [-0.2, -0.15) is 0 Å². The number of ether oxygens (including phenoxy) is 1. The van der Waals surface area contributed by atoms with Gasteiger partial charge in [0.15, 0.2) is 0 Å². The number of hydrogen-bond acceptors (Lipinski definition) is 4. The lowest BCUT2D eigenvalue weighted by Gasteiger charge is -2.32. The van der Waals surface area contributed by atoms with E-state index in [0.717, 1.165) is 4.70 Å². The Kier molecular flexibility index (Phi) is 4.32. The molecule has 23 heavy (non-hydrogen) atoms. The van der Waals surface area contributed by atoms with Gasteiger partial charge >= 0.3 is 5.97 Å². The third kappa shape index (κ3) is 3.07. The van der Waals surface area contributed by atoms with Crippen molar-refractivity contribution in [3.63, 3.8) is 0 Å². The number of benzene rings is 1. The van der Waals surface area contributed by atoms with Gasteiger partial charge in [-0.25, -0.2) is 4.39 Å². The van der Waals surface area contributed by atoms with Crippen LogP contribution in [0.4, 0.5) is 4.39 Å². The average Bonchev–Trinajstić information content (AvgIpc) is 2.84. The van der Waals surface area contributed by atoms with Gasteiger partial charge in [0.25, 0.3) is 5.91 Å². The second kappa shape index (κ2) is 6.25. The summed E-state index contributed by atoms with van der Waals surface area (Å²) in [5, 5.41) is 9.34. The van der Waals surface area contributed by atoms with E-state index in [2.05, 4.69) is 0 Å². The van der Waals surface area contributed by atoms with Crippen LogP contribution in [0.3, 0.4) is 0 Å². The van der Waals surface area contributed by atoms with E-state index in [1.54, 1.807) is 24.0 Å². The molecule has 7 heteroatoms. The number of nitrogens with zero attached hydrogens (tertiary/aromatic N) is 1. The van der Waals surface area contributed by atoms with Crippen molar-refractivity contribution in [2.45, 2.75) is 19.4 Å². The molecule has 1 aromatic heterocycles. The molecule has 0 bridgehead atoms. The number of aliphatic carboxylic acids is 1. The molecule has 2 heterocycles. The van der Waals surface area contributed by atoms with Crippen LogP contribution in [-0.4, -0.2) is 47.7 Å². The van der Waals surface area contributed by atoms with Gasteiger partial charge in [-0.05, 0) is 24.6 Å². The third-order valence-corrected chi connectivity index (χ3v) is 5.17. The molecule has 1 aliphatic heterocycles. The fourth-order valence-electron chi connectivity index (χ4n) is 2.82. The summed E-state index contributed by atoms with van der Waals surface area (Å²) in [6.07, 6.45) is -0.638. The van der Waals surface area contributed by atoms with Crippen molar-refractivity contribution in [3.8, 4) is 0 Å². The van der Waals surface area contributed by atoms with Crippen LogP contribution in [0.15, 0.2) is 18.2 Å². The molecule has 1 aromatic carbocycles. The number of carboxylic acids is 1. The minimum absolute atomic E-state index is 0.135. The lowest BCUT2D eigenvalue weighted by molar-refractivity contribution is -0.141. The second-order valence-corrected chi connectivity index (χ2v) is 6.56. The first-order valence-corrected chi connectivity index (χ1v) is 8.09. The molecule has 0 aliphatic carbocycles. The van der Waals surface area contributed by atoms with E-state index in [9.17, 15) is 14.0 Å². The minimum Gasteiger partial charge on any atom is -0.481 e. The summed E-state index contributed by atoms with van der Waals surface area (Å²) in [6, 6.07) is 4.80. The Hall–Kier alpha value is -1.99. The predicted octanol–water partition coefficient (Wildman–Crippen LogP) is 2.66. The summed E-state index contributed by atoms with van der Waals surface area (Å²) in [6.45, 7) is 2.69. The minimum atomic E-state index is -0.954. The Morgan fingerprint density at radius 2 is 2.26 bits per heavy atom. The van der Waals surface area contributed by atoms with Crippen molar-refractivity contribution in [1.82, 2.24) is 4.90 Å². The maximum atomic E-state index is 14.0. The number of carboxylic acid groups (broad SMARTS) is 1. The Labute approximate surface area is 136 Å². The van der Waals surface area contributed by atoms with Crippen molar-refractivity contribution < 1.29 is 23.8 Å². The zero-order valence-corrected chi connectivity index (χ0v) is 13.4. The zero-order valence-electron chi connectivity index (χ0n) is 12.5. The fourth-order valence-corrected chi connectivity index (χ4v) is 4.01. The highest BCUT2D eigenvalue weighted by Crippen LogP contribution is 2.33. The Morgan fingerprint density at radius 1 is 1.48 bits per heavy atom. The van der Waals surface area contributed by atoms with Crippen molar-refractivity contribution in [2.24, 2.45) is 0 Å². The molecular weight excluding hydrogens is 321 g/mol. The van der Waals surface area contributed by atoms with Gasteiger partial charge in [0.2, 0.25) is 0 Å². The fraction of sp³-hybridized carbons (Fsp3) is 0.375. The highest BCUT2D eigenvalue weighted by molar-refractivity contribution is 7.21. The van der Waals surface area contributed by atoms with E-state index in [0.29, 0.717) is 29.0 Å². The van der Waals surface area contributed by atoms with Gasteiger partial charge in [0.05, 0.1) is 24.0 Å². The Morgan fingerprint density at radius 3 is 2.96 bits per heavy atom. The number of thiophene rings is 1. The van der Waals surface area contributed by atoms with Crippen molar-refractivity contribution in [3.05, 3.63) is 34.5 Å². The monoisotopic (exact) mass is 337 g/mol. The van der Waals surface area contributed by atoms with Gasteiger partial charge in [-0.1, -0.05) is 6.07 Å². The normalized spacial score (nSPS) is 18.3. The summed E-state index contributed by atoms with van der Waals surface area (Å²) in [5.74, 6) is -1.48. The van der Waals surface area contributed by atoms with Crippen molar-refractivity contribution >= 4 is 33.3 Å². The van der Waals surface area contributed by atoms with Gasteiger partial charge in [0, 0.05) is 23.2 Å². The number of hydrogen-bond donors (Lipinski definition) is 1. The number of carbonyl (C=O) groups excluding carboxylic acids is 1. The van der Waals surface area contributed by atoms with Gasteiger partial charge in [0.1, 0.15) is 5.82 Å². The van der Waals surface area contributed by atoms with E-state index < -0.39 is 12.1 Å². The molecule has 5 nitrogen and oxygen atoms in total. The molecule has 1 aliphatic rings. The topological polar surface area (TPSA) is 66.8 Å². The summed E-state index contributed by atoms with van der Waals surface area (Å²) in [5.41, 5.74) is 0.634. The average molecular weight is 337 g/mol. The quantitative estimate of drug-likeness (QED) is 0.935. The number of amides is 1. The Bertz CT molecular complexity index is 773. The number of aryl methyl sites for hydroxylation is 1. The second-order valence-electron chi connectivity index (χ2n) is 5.51. The van der Waals surface area contributed by atoms with E-state index in [4.69, 9.17) is 9.84 Å². The van der Waals surface area contributed by atoms with Gasteiger partial charge in [-0.3, -0.25) is 9.59 Å². The first kappa shape index (κ1) is 15.9. The number of carbonyl (C=O) groups is 2. The summed E-state index contributed by atoms with van der Waals surface area (Å²) >= 11 is 1.27. The van der Waals surface area contributed by atoms with Crippen LogP contribution in [0.25, 0.3) is 10.1 Å². The van der Waals surface area contributed by atoms with Crippen molar-refractivity contribution in [2.75, 3.05) is 19.7 Å². The first-order valence-electron chi connectivity index (χ1n) is 7.27. The first-order chi connectivity index (χ1) is 11.0. The van der Waals surface area contributed by atoms with Gasteiger partial charge < -0.3 is 14.7 Å². The molecule has 3 rings (SSSR count). The standard InChI is InChI=1S/C16H16FNO4S/c1-9-14-11(17)3-2-4-12(14)23-15(9)16(21)18-5-6-22-10(8-18)7-13(19)20/h2-4,10H,5-8H2,1H3,(H,19,20)/t10-/m0/s1. The molecular formula is C16H16FNO4S. The largest absolute Gasteiger partial charge is 0.481 e. The Balaban J connectivity index is 1.87. The van der Waals surface area contributed by atoms with E-state index >= 15 is 0 Å². The lowest BCUT2D eigenvalue weighted by atomic mass is 10.1. The molecule has 0 saturated carbocycles. The van der Waals surface area contributed by atoms with Gasteiger partial charge in [-0.15, -0.1) is 11.3 Å². The number of rotatable bonds is 3. The smallest absolute Gasteiger partial charge is 0.306 e. The number of halogens is 1. The molecule has 0 radical (unpaired) electrons. The summed E-state index contributed by atoms with van der Waals surface area (Å²) < 4.78 is 20.1. The van der Waals surface area contributed by atoms with Crippen LogP contribution in [0.2, 0.25) is 0 Å². The van der Waals surface area contributed by atoms with E-state index in [-0.39, 0.29) is 24.7 Å². The van der Waals surface area contributed by atoms with Crippen LogP contribution >= 0.6 is 11.3 Å². The summed E-state index contributed by atoms with van der Waals surface area (Å²) in [4.78, 5) is 25.6. The molecule has 1 amide bonds. The molecule has 1 saturated heterocycles. The van der Waals surface area contributed by atoms with Crippen molar-refractivity contribution in [1.29, 1.82) is 0 Å². The molecule has 122 valence electrons. The highest BCUT2D eigenvalue weighted by Gasteiger charge is 2.29. The molecule has 1 atom stereocenters. The van der Waals surface area contributed by atoms with E-state index in [1.807, 2.05) is 0 Å². The van der Waals surface area contributed by atoms with E-state index in [1.165, 1.54) is 17.4 Å². The number of morpholine rings is 1. The highest BCUT2D eigenvalue weighted by atomic mass is 32.1. The molecule has 1 N–H and O–H groups in total. The maximum absolute atomic E-state index is 14.0. The third-order valence-electron chi connectivity index (χ3n) is 3.93. The molecule has 2 aromatic rings. The maximum Gasteiger partial charge on any atom is 0.306 e. The van der Waals surface area contributed by atoms with Crippen LogP contribution in [0, 0.1) is 12.7 Å². The number of fused-ring (bicyclic) bond motifs is 1. The zero-order chi connectivity index (χ0) is 16.6.